The van der Waals surface area contributed by atoms with Gasteiger partial charge in [0.25, 0.3) is 0 Å². The average Bonchev–Trinajstić information content (AvgIpc) is 2.14. The van der Waals surface area contributed by atoms with Gasteiger partial charge in [-0.2, -0.15) is 0 Å². The van der Waals surface area contributed by atoms with Crippen LogP contribution in [0, 0.1) is 0 Å². The fraction of sp³-hybridized carbons (Fsp3) is 0.818. The molecule has 3 heteroatoms. The van der Waals surface area contributed by atoms with E-state index in [9.17, 15) is 9.59 Å². The summed E-state index contributed by atoms with van der Waals surface area (Å²) < 4.78 is 5.07. The van der Waals surface area contributed by atoms with Gasteiger partial charge in [-0.05, 0) is 19.3 Å². The lowest BCUT2D eigenvalue weighted by atomic mass is 9.93. The van der Waals surface area contributed by atoms with Crippen LogP contribution in [0.5, 0.6) is 0 Å². The molecule has 0 fully saturated rings. The summed E-state index contributed by atoms with van der Waals surface area (Å²) in [6.07, 6.45) is 5.71. The first-order valence-corrected chi connectivity index (χ1v) is 5.19. The van der Waals surface area contributed by atoms with Gasteiger partial charge in [0.05, 0.1) is 0 Å². The minimum Gasteiger partial charge on any atom is -0.451 e. The van der Waals surface area contributed by atoms with Crippen molar-refractivity contribution >= 4 is 12.3 Å². The van der Waals surface area contributed by atoms with Crippen LogP contribution in [0.1, 0.15) is 52.9 Å². The van der Waals surface area contributed by atoms with Gasteiger partial charge in [-0.15, -0.1) is 0 Å². The van der Waals surface area contributed by atoms with Crippen molar-refractivity contribution in [1.29, 1.82) is 0 Å². The summed E-state index contributed by atoms with van der Waals surface area (Å²) in [5, 5.41) is 0. The summed E-state index contributed by atoms with van der Waals surface area (Å²) in [6.45, 7) is 5.32. The van der Waals surface area contributed by atoms with E-state index in [2.05, 4.69) is 0 Å². The highest BCUT2D eigenvalue weighted by Gasteiger charge is 2.32. The van der Waals surface area contributed by atoms with E-state index in [1.165, 1.54) is 6.92 Å². The van der Waals surface area contributed by atoms with E-state index in [4.69, 9.17) is 4.74 Å². The predicted octanol–water partition coefficient (Wildman–Crippen LogP) is 2.39. The maximum atomic E-state index is 10.9. The van der Waals surface area contributed by atoms with Gasteiger partial charge in [0.1, 0.15) is 0 Å². The second-order valence-corrected chi connectivity index (χ2v) is 3.54. The lowest BCUT2D eigenvalue weighted by Crippen LogP contribution is -2.36. The fourth-order valence-corrected chi connectivity index (χ4v) is 1.49. The zero-order chi connectivity index (χ0) is 11.0. The molecule has 0 bridgehead atoms. The maximum Gasteiger partial charge on any atom is 0.303 e. The average molecular weight is 199 g/mol. The summed E-state index contributed by atoms with van der Waals surface area (Å²) in [4.78, 5) is 21.7. The van der Waals surface area contributed by atoms with E-state index in [0.717, 1.165) is 19.3 Å². The molecule has 0 amide bonds. The third kappa shape index (κ3) is 4.40. The molecule has 14 heavy (non-hydrogen) atoms. The van der Waals surface area contributed by atoms with Gasteiger partial charge in [0.15, 0.2) is 5.60 Å². The zero-order valence-electron chi connectivity index (χ0n) is 9.26. The summed E-state index contributed by atoms with van der Waals surface area (Å²) in [7, 11) is 0. The Kier molecular flexibility index (Phi) is 6.17. The van der Waals surface area contributed by atoms with Crippen molar-refractivity contribution < 1.29 is 14.3 Å². The van der Waals surface area contributed by atoms with Crippen LogP contribution in [0.3, 0.4) is 0 Å². The number of carbonyl (C=O) groups excluding carboxylic acids is 2. The number of unbranched alkanes of at least 4 members (excludes halogenated alkanes) is 1. The fourth-order valence-electron chi connectivity index (χ4n) is 1.49. The quantitative estimate of drug-likeness (QED) is 0.591. The van der Waals surface area contributed by atoms with E-state index < -0.39 is 11.6 Å². The molecule has 1 radical (unpaired) electrons. The molecular formula is C11H19O3. The number of carbonyl (C=O) groups is 1. The largest absolute Gasteiger partial charge is 0.451 e. The van der Waals surface area contributed by atoms with E-state index in [-0.39, 0.29) is 0 Å². The van der Waals surface area contributed by atoms with Gasteiger partial charge < -0.3 is 4.74 Å². The molecule has 0 rings (SSSR count). The second kappa shape index (κ2) is 6.57. The van der Waals surface area contributed by atoms with Crippen molar-refractivity contribution in [1.82, 2.24) is 0 Å². The Balaban J connectivity index is 4.41. The second-order valence-electron chi connectivity index (χ2n) is 3.54. The topological polar surface area (TPSA) is 43.4 Å². The van der Waals surface area contributed by atoms with Crippen molar-refractivity contribution in [2.75, 3.05) is 0 Å². The lowest BCUT2D eigenvalue weighted by molar-refractivity contribution is -0.151. The van der Waals surface area contributed by atoms with Gasteiger partial charge in [0, 0.05) is 6.92 Å². The molecule has 0 N–H and O–H groups in total. The van der Waals surface area contributed by atoms with Gasteiger partial charge in [-0.25, -0.2) is 0 Å². The molecule has 81 valence electrons. The Morgan fingerprint density at radius 1 is 1.29 bits per heavy atom. The highest BCUT2D eigenvalue weighted by atomic mass is 16.6. The Labute approximate surface area is 85.8 Å². The smallest absolute Gasteiger partial charge is 0.303 e. The van der Waals surface area contributed by atoms with Crippen LogP contribution >= 0.6 is 0 Å². The van der Waals surface area contributed by atoms with Crippen molar-refractivity contribution in [2.45, 2.75) is 58.5 Å². The third-order valence-corrected chi connectivity index (χ3v) is 2.11. The minimum absolute atomic E-state index is 0.405. The van der Waals surface area contributed by atoms with Crippen molar-refractivity contribution in [3.8, 4) is 0 Å². The SMILES string of the molecule is CCCCC([C]=O)(CCC)OC(C)=O. The van der Waals surface area contributed by atoms with E-state index in [1.807, 2.05) is 20.1 Å². The van der Waals surface area contributed by atoms with E-state index >= 15 is 0 Å². The van der Waals surface area contributed by atoms with Crippen LogP contribution in [0.15, 0.2) is 0 Å². The minimum atomic E-state index is -0.989. The molecule has 0 spiro atoms. The molecule has 0 aromatic carbocycles. The van der Waals surface area contributed by atoms with Gasteiger partial charge in [0.2, 0.25) is 6.29 Å². The molecule has 0 saturated carbocycles. The molecule has 0 aliphatic rings. The van der Waals surface area contributed by atoms with Crippen LogP contribution in [-0.2, 0) is 14.3 Å². The van der Waals surface area contributed by atoms with Crippen LogP contribution in [-0.4, -0.2) is 17.9 Å². The van der Waals surface area contributed by atoms with Crippen LogP contribution in [0.4, 0.5) is 0 Å². The summed E-state index contributed by atoms with van der Waals surface area (Å²) in [6, 6.07) is 0. The normalized spacial score (nSPS) is 14.5. The van der Waals surface area contributed by atoms with Crippen molar-refractivity contribution in [2.24, 2.45) is 0 Å². The molecule has 0 heterocycles. The lowest BCUT2D eigenvalue weighted by Gasteiger charge is -2.26. The highest BCUT2D eigenvalue weighted by molar-refractivity contribution is 5.73. The van der Waals surface area contributed by atoms with Gasteiger partial charge >= 0.3 is 5.97 Å². The first-order chi connectivity index (χ1) is 6.60. The first-order valence-electron chi connectivity index (χ1n) is 5.19. The van der Waals surface area contributed by atoms with Crippen molar-refractivity contribution in [3.05, 3.63) is 0 Å². The molecule has 1 atom stereocenters. The zero-order valence-corrected chi connectivity index (χ0v) is 9.26. The molecule has 3 nitrogen and oxygen atoms in total. The number of ether oxygens (including phenoxy) is 1. The van der Waals surface area contributed by atoms with Crippen LogP contribution in [0.2, 0.25) is 0 Å². The Bertz CT molecular complexity index is 189. The Morgan fingerprint density at radius 3 is 2.29 bits per heavy atom. The monoisotopic (exact) mass is 199 g/mol. The molecule has 0 aromatic heterocycles. The summed E-state index contributed by atoms with van der Waals surface area (Å²) >= 11 is 0. The molecule has 1 unspecified atom stereocenters. The summed E-state index contributed by atoms with van der Waals surface area (Å²) in [5.74, 6) is -0.405. The first kappa shape index (κ1) is 13.1. The maximum absolute atomic E-state index is 10.9. The highest BCUT2D eigenvalue weighted by Crippen LogP contribution is 2.23. The molecule has 0 aliphatic carbocycles. The third-order valence-electron chi connectivity index (χ3n) is 2.11. The molecule has 0 saturated heterocycles. The summed E-state index contributed by atoms with van der Waals surface area (Å²) in [5.41, 5.74) is -0.989. The van der Waals surface area contributed by atoms with Gasteiger partial charge in [-0.3, -0.25) is 9.59 Å². The van der Waals surface area contributed by atoms with Crippen LogP contribution < -0.4 is 0 Å². The Morgan fingerprint density at radius 2 is 1.93 bits per heavy atom. The number of hydrogen-bond acceptors (Lipinski definition) is 3. The van der Waals surface area contributed by atoms with E-state index in [0.29, 0.717) is 12.8 Å². The number of rotatable bonds is 7. The molecule has 0 aliphatic heterocycles. The number of esters is 1. The van der Waals surface area contributed by atoms with Crippen LogP contribution in [0.25, 0.3) is 0 Å². The predicted molar refractivity (Wildman–Crippen MR) is 54.6 cm³/mol. The van der Waals surface area contributed by atoms with Crippen molar-refractivity contribution in [3.63, 3.8) is 0 Å². The molecule has 0 aromatic rings. The van der Waals surface area contributed by atoms with Gasteiger partial charge in [-0.1, -0.05) is 26.7 Å². The Hall–Kier alpha value is -0.860. The standard InChI is InChI=1S/C11H19O3/c1-4-6-8-11(9-12,7-5-2)14-10(3)13/h4-8H2,1-3H3. The van der Waals surface area contributed by atoms with E-state index in [1.54, 1.807) is 0 Å². The number of hydrogen-bond donors (Lipinski definition) is 0. The molecular weight excluding hydrogens is 180 g/mol.